The lowest BCUT2D eigenvalue weighted by Gasteiger charge is -2.39. The standard InChI is InChI=1S/C16H32N4O/c1-4-18(5-2)16(21)20-9-7-6-8-15(14-20)19-12-10-17(3)11-13-19/h15H,4-14H2,1-3H3. The Bertz CT molecular complexity index is 324. The van der Waals surface area contributed by atoms with Crippen LogP contribution in [-0.2, 0) is 0 Å². The van der Waals surface area contributed by atoms with Gasteiger partial charge in [-0.1, -0.05) is 6.42 Å². The van der Waals surface area contributed by atoms with Crippen molar-refractivity contribution in [1.82, 2.24) is 19.6 Å². The van der Waals surface area contributed by atoms with Gasteiger partial charge < -0.3 is 14.7 Å². The Balaban J connectivity index is 1.96. The van der Waals surface area contributed by atoms with Crippen LogP contribution in [0.2, 0.25) is 0 Å². The summed E-state index contributed by atoms with van der Waals surface area (Å²) in [6, 6.07) is 0.793. The lowest BCUT2D eigenvalue weighted by molar-refractivity contribution is 0.0880. The molecule has 5 heteroatoms. The molecule has 2 heterocycles. The zero-order chi connectivity index (χ0) is 15.2. The largest absolute Gasteiger partial charge is 0.325 e. The van der Waals surface area contributed by atoms with Gasteiger partial charge in [-0.2, -0.15) is 0 Å². The molecule has 2 fully saturated rings. The molecule has 0 spiro atoms. The van der Waals surface area contributed by atoms with E-state index in [1.54, 1.807) is 0 Å². The topological polar surface area (TPSA) is 30.0 Å². The summed E-state index contributed by atoms with van der Waals surface area (Å²) in [6.07, 6.45) is 3.64. The van der Waals surface area contributed by atoms with Gasteiger partial charge >= 0.3 is 6.03 Å². The van der Waals surface area contributed by atoms with Crippen molar-refractivity contribution in [3.05, 3.63) is 0 Å². The maximum atomic E-state index is 12.6. The Hall–Kier alpha value is -0.810. The minimum absolute atomic E-state index is 0.237. The Morgan fingerprint density at radius 1 is 1.05 bits per heavy atom. The molecule has 2 aliphatic rings. The molecule has 0 aromatic heterocycles. The summed E-state index contributed by atoms with van der Waals surface area (Å²) in [6.45, 7) is 12.2. The fourth-order valence-electron chi connectivity index (χ4n) is 3.47. The fourth-order valence-corrected chi connectivity index (χ4v) is 3.47. The SMILES string of the molecule is CCN(CC)C(=O)N1CCCCC(N2CCN(C)CC2)C1. The van der Waals surface area contributed by atoms with Crippen LogP contribution in [0.25, 0.3) is 0 Å². The van der Waals surface area contributed by atoms with Gasteiger partial charge in [0.15, 0.2) is 0 Å². The molecule has 1 atom stereocenters. The number of nitrogens with zero attached hydrogens (tertiary/aromatic N) is 4. The van der Waals surface area contributed by atoms with Gasteiger partial charge in [0.2, 0.25) is 0 Å². The molecule has 0 N–H and O–H groups in total. The Kier molecular flexibility index (Phi) is 6.30. The highest BCUT2D eigenvalue weighted by molar-refractivity contribution is 5.74. The number of urea groups is 1. The number of hydrogen-bond donors (Lipinski definition) is 0. The second-order valence-electron chi connectivity index (χ2n) is 6.39. The molecule has 0 saturated carbocycles. The van der Waals surface area contributed by atoms with Gasteiger partial charge in [-0.3, -0.25) is 4.90 Å². The zero-order valence-electron chi connectivity index (χ0n) is 14.1. The Morgan fingerprint density at radius 2 is 1.71 bits per heavy atom. The summed E-state index contributed by atoms with van der Waals surface area (Å²) >= 11 is 0. The van der Waals surface area contributed by atoms with Crippen LogP contribution in [0.3, 0.4) is 0 Å². The molecule has 2 amide bonds. The quantitative estimate of drug-likeness (QED) is 0.791. The molecule has 0 aliphatic carbocycles. The van der Waals surface area contributed by atoms with E-state index in [1.165, 1.54) is 12.8 Å². The van der Waals surface area contributed by atoms with Gasteiger partial charge in [0.25, 0.3) is 0 Å². The molecular weight excluding hydrogens is 264 g/mol. The molecule has 0 aromatic carbocycles. The minimum Gasteiger partial charge on any atom is -0.325 e. The molecule has 0 bridgehead atoms. The van der Waals surface area contributed by atoms with Gasteiger partial charge in [0, 0.05) is 58.4 Å². The highest BCUT2D eigenvalue weighted by Gasteiger charge is 2.29. The molecule has 0 radical (unpaired) electrons. The first-order chi connectivity index (χ1) is 10.2. The van der Waals surface area contributed by atoms with E-state index in [-0.39, 0.29) is 6.03 Å². The summed E-state index contributed by atoms with van der Waals surface area (Å²) in [5.74, 6) is 0. The smallest absolute Gasteiger partial charge is 0.320 e. The van der Waals surface area contributed by atoms with Gasteiger partial charge in [-0.15, -0.1) is 0 Å². The Morgan fingerprint density at radius 3 is 2.33 bits per heavy atom. The summed E-state index contributed by atoms with van der Waals surface area (Å²) < 4.78 is 0. The number of carbonyl (C=O) groups excluding carboxylic acids is 1. The second kappa shape index (κ2) is 7.99. The predicted molar refractivity (Wildman–Crippen MR) is 86.6 cm³/mol. The number of carbonyl (C=O) groups is 1. The highest BCUT2D eigenvalue weighted by Crippen LogP contribution is 2.18. The third-order valence-corrected chi connectivity index (χ3v) is 5.01. The van der Waals surface area contributed by atoms with Crippen molar-refractivity contribution in [2.75, 3.05) is 59.4 Å². The van der Waals surface area contributed by atoms with Crippen molar-refractivity contribution >= 4 is 6.03 Å². The molecule has 2 rings (SSSR count). The van der Waals surface area contributed by atoms with Crippen LogP contribution in [-0.4, -0.2) is 91.1 Å². The highest BCUT2D eigenvalue weighted by atomic mass is 16.2. The third-order valence-electron chi connectivity index (χ3n) is 5.01. The van der Waals surface area contributed by atoms with E-state index in [0.29, 0.717) is 6.04 Å². The van der Waals surface area contributed by atoms with Crippen molar-refractivity contribution in [3.63, 3.8) is 0 Å². The monoisotopic (exact) mass is 296 g/mol. The summed E-state index contributed by atoms with van der Waals surface area (Å²) in [5.41, 5.74) is 0. The van der Waals surface area contributed by atoms with E-state index in [0.717, 1.165) is 58.8 Å². The van der Waals surface area contributed by atoms with Crippen LogP contribution in [0.5, 0.6) is 0 Å². The van der Waals surface area contributed by atoms with Crippen molar-refractivity contribution in [2.24, 2.45) is 0 Å². The first-order valence-corrected chi connectivity index (χ1v) is 8.62. The van der Waals surface area contributed by atoms with Gasteiger partial charge in [-0.05, 0) is 33.7 Å². The average Bonchev–Trinajstić information content (AvgIpc) is 2.75. The fraction of sp³-hybridized carbons (Fsp3) is 0.938. The van der Waals surface area contributed by atoms with E-state index in [9.17, 15) is 4.79 Å². The maximum Gasteiger partial charge on any atom is 0.320 e. The maximum absolute atomic E-state index is 12.6. The second-order valence-corrected chi connectivity index (χ2v) is 6.39. The first-order valence-electron chi connectivity index (χ1n) is 8.62. The van der Waals surface area contributed by atoms with E-state index >= 15 is 0 Å². The molecule has 2 saturated heterocycles. The van der Waals surface area contributed by atoms with Crippen molar-refractivity contribution in [1.29, 1.82) is 0 Å². The van der Waals surface area contributed by atoms with Crippen molar-refractivity contribution in [3.8, 4) is 0 Å². The summed E-state index contributed by atoms with van der Waals surface area (Å²) in [7, 11) is 2.20. The first kappa shape index (κ1) is 16.6. The van der Waals surface area contributed by atoms with Gasteiger partial charge in [0.1, 0.15) is 0 Å². The number of piperazine rings is 1. The number of likely N-dealkylation sites (N-methyl/N-ethyl adjacent to an activating group) is 1. The number of likely N-dealkylation sites (tertiary alicyclic amines) is 1. The zero-order valence-corrected chi connectivity index (χ0v) is 14.1. The molecule has 21 heavy (non-hydrogen) atoms. The van der Waals surface area contributed by atoms with Crippen molar-refractivity contribution in [2.45, 2.75) is 39.2 Å². The summed E-state index contributed by atoms with van der Waals surface area (Å²) in [4.78, 5) is 21.7. The van der Waals surface area contributed by atoms with Gasteiger partial charge in [0.05, 0.1) is 0 Å². The van der Waals surface area contributed by atoms with E-state index in [4.69, 9.17) is 0 Å². The third kappa shape index (κ3) is 4.33. The van der Waals surface area contributed by atoms with Crippen LogP contribution in [0.4, 0.5) is 4.79 Å². The molecule has 0 aromatic rings. The molecule has 1 unspecified atom stereocenters. The van der Waals surface area contributed by atoms with Crippen LogP contribution in [0, 0.1) is 0 Å². The Labute approximate surface area is 129 Å². The molecule has 2 aliphatic heterocycles. The lowest BCUT2D eigenvalue weighted by Crippen LogP contribution is -2.53. The normalized spacial score (nSPS) is 25.7. The van der Waals surface area contributed by atoms with Gasteiger partial charge in [-0.25, -0.2) is 4.79 Å². The number of rotatable bonds is 3. The summed E-state index contributed by atoms with van der Waals surface area (Å²) in [5, 5.41) is 0. The molecule has 122 valence electrons. The van der Waals surface area contributed by atoms with Crippen LogP contribution in [0.1, 0.15) is 33.1 Å². The minimum atomic E-state index is 0.237. The predicted octanol–water partition coefficient (Wildman–Crippen LogP) is 1.55. The van der Waals surface area contributed by atoms with Crippen LogP contribution < -0.4 is 0 Å². The molecule has 5 nitrogen and oxygen atoms in total. The lowest BCUT2D eigenvalue weighted by atomic mass is 10.1. The van der Waals surface area contributed by atoms with E-state index in [1.807, 2.05) is 4.90 Å². The van der Waals surface area contributed by atoms with E-state index < -0.39 is 0 Å². The average molecular weight is 296 g/mol. The number of amides is 2. The van der Waals surface area contributed by atoms with Crippen LogP contribution in [0.15, 0.2) is 0 Å². The molecular formula is C16H32N4O. The van der Waals surface area contributed by atoms with Crippen LogP contribution >= 0.6 is 0 Å². The van der Waals surface area contributed by atoms with Crippen molar-refractivity contribution < 1.29 is 4.79 Å². The van der Waals surface area contributed by atoms with E-state index in [2.05, 4.69) is 35.6 Å². The number of hydrogen-bond acceptors (Lipinski definition) is 3.